The predicted molar refractivity (Wildman–Crippen MR) is 76.7 cm³/mol. The summed E-state index contributed by atoms with van der Waals surface area (Å²) in [4.78, 5) is 23.0. The smallest absolute Gasteiger partial charge is 0.310 e. The number of benzene rings is 1. The van der Waals surface area contributed by atoms with Gasteiger partial charge < -0.3 is 10.4 Å². The molecule has 0 heterocycles. The third-order valence-electron chi connectivity index (χ3n) is 3.78. The van der Waals surface area contributed by atoms with Gasteiger partial charge in [0.25, 0.3) is 0 Å². The van der Waals surface area contributed by atoms with Crippen LogP contribution in [0.1, 0.15) is 31.7 Å². The van der Waals surface area contributed by atoms with Crippen molar-refractivity contribution in [2.75, 3.05) is 6.54 Å². The molecule has 0 aliphatic heterocycles. The Hall–Kier alpha value is -1.62. The lowest BCUT2D eigenvalue weighted by molar-refractivity contribution is -0.146. The summed E-state index contributed by atoms with van der Waals surface area (Å²) < 4.78 is 13.8. The number of carbonyl (C=O) groups excluding carboxylic acids is 1. The maximum Gasteiger partial charge on any atom is 0.310 e. The van der Waals surface area contributed by atoms with Gasteiger partial charge in [0.15, 0.2) is 0 Å². The van der Waals surface area contributed by atoms with Crippen molar-refractivity contribution in [1.29, 1.82) is 0 Å². The summed E-state index contributed by atoms with van der Waals surface area (Å²) in [6.45, 7) is 3.11. The van der Waals surface area contributed by atoms with E-state index < -0.39 is 17.2 Å². The van der Waals surface area contributed by atoms with Gasteiger partial charge in [0, 0.05) is 29.0 Å². The van der Waals surface area contributed by atoms with Crippen LogP contribution in [0.2, 0.25) is 5.02 Å². The van der Waals surface area contributed by atoms with Crippen molar-refractivity contribution in [3.8, 4) is 0 Å². The molecule has 1 aliphatic rings. The van der Waals surface area contributed by atoms with Crippen molar-refractivity contribution in [2.24, 2.45) is 11.3 Å². The minimum absolute atomic E-state index is 0.0371. The third-order valence-corrected chi connectivity index (χ3v) is 4.11. The van der Waals surface area contributed by atoms with E-state index in [2.05, 4.69) is 5.32 Å². The number of nitrogens with one attached hydrogen (secondary N) is 1. The van der Waals surface area contributed by atoms with E-state index in [0.29, 0.717) is 17.0 Å². The molecule has 0 radical (unpaired) electrons. The van der Waals surface area contributed by atoms with Crippen LogP contribution in [0.15, 0.2) is 18.2 Å². The van der Waals surface area contributed by atoms with Gasteiger partial charge in [0.2, 0.25) is 5.91 Å². The first kappa shape index (κ1) is 15.8. The van der Waals surface area contributed by atoms with Gasteiger partial charge in [0.1, 0.15) is 5.82 Å². The lowest BCUT2D eigenvalue weighted by Gasteiger charge is -2.19. The molecule has 6 heteroatoms. The number of aliphatic carboxylic acids is 1. The van der Waals surface area contributed by atoms with Gasteiger partial charge >= 0.3 is 5.97 Å². The highest BCUT2D eigenvalue weighted by Crippen LogP contribution is 2.50. The second-order valence-electron chi connectivity index (χ2n) is 5.99. The number of halogens is 2. The van der Waals surface area contributed by atoms with E-state index in [1.165, 1.54) is 26.0 Å². The standard InChI is InChI=1S/C15H17ClFNO3/c1-15(2,14(20)21)7-18-13(19)9-6-8(9)12-10(16)4-3-5-11(12)17/h3-5,8-9H,6-7H2,1-2H3,(H,18,19)(H,20,21)/t8-,9+/m0/s1. The number of amides is 1. The number of carboxylic acid groups (broad SMARTS) is 1. The summed E-state index contributed by atoms with van der Waals surface area (Å²) in [6.07, 6.45) is 0.528. The van der Waals surface area contributed by atoms with Crippen LogP contribution in [0.4, 0.5) is 4.39 Å². The molecule has 114 valence electrons. The Bertz CT molecular complexity index is 568. The molecule has 2 N–H and O–H groups in total. The van der Waals surface area contributed by atoms with Crippen molar-refractivity contribution in [3.05, 3.63) is 34.6 Å². The van der Waals surface area contributed by atoms with E-state index in [0.717, 1.165) is 0 Å². The predicted octanol–water partition coefficient (Wildman–Crippen LogP) is 2.81. The Balaban J connectivity index is 1.97. The van der Waals surface area contributed by atoms with Crippen LogP contribution in [-0.4, -0.2) is 23.5 Å². The van der Waals surface area contributed by atoms with Crippen molar-refractivity contribution >= 4 is 23.5 Å². The maximum atomic E-state index is 13.8. The number of rotatable bonds is 5. The first-order valence-electron chi connectivity index (χ1n) is 6.69. The zero-order chi connectivity index (χ0) is 15.8. The monoisotopic (exact) mass is 313 g/mol. The lowest BCUT2D eigenvalue weighted by atomic mass is 9.94. The SMILES string of the molecule is CC(C)(CNC(=O)[C@@H]1C[C@@H]1c1c(F)cccc1Cl)C(=O)O. The Morgan fingerprint density at radius 1 is 1.48 bits per heavy atom. The molecular weight excluding hydrogens is 297 g/mol. The quantitative estimate of drug-likeness (QED) is 0.878. The number of carbonyl (C=O) groups is 2. The molecule has 1 aromatic rings. The first-order valence-corrected chi connectivity index (χ1v) is 7.07. The number of hydrogen-bond acceptors (Lipinski definition) is 2. The van der Waals surface area contributed by atoms with Crippen LogP contribution in [0.3, 0.4) is 0 Å². The summed E-state index contributed by atoms with van der Waals surface area (Å²) in [5, 5.41) is 11.9. The highest BCUT2D eigenvalue weighted by atomic mass is 35.5. The highest BCUT2D eigenvalue weighted by Gasteiger charge is 2.46. The van der Waals surface area contributed by atoms with E-state index in [9.17, 15) is 14.0 Å². The summed E-state index contributed by atoms with van der Waals surface area (Å²) in [6, 6.07) is 4.44. The van der Waals surface area contributed by atoms with Crippen molar-refractivity contribution in [2.45, 2.75) is 26.2 Å². The summed E-state index contributed by atoms with van der Waals surface area (Å²) in [5.41, 5.74) is -0.660. The van der Waals surface area contributed by atoms with Gasteiger partial charge in [-0.25, -0.2) is 4.39 Å². The molecule has 0 unspecified atom stereocenters. The molecule has 1 saturated carbocycles. The molecule has 0 aromatic heterocycles. The maximum absolute atomic E-state index is 13.8. The molecular formula is C15H17ClFNO3. The van der Waals surface area contributed by atoms with Gasteiger partial charge in [-0.1, -0.05) is 17.7 Å². The molecule has 21 heavy (non-hydrogen) atoms. The number of hydrogen-bond donors (Lipinski definition) is 2. The molecule has 1 fully saturated rings. The minimum Gasteiger partial charge on any atom is -0.481 e. The fourth-order valence-corrected chi connectivity index (χ4v) is 2.49. The van der Waals surface area contributed by atoms with Gasteiger partial charge in [0.05, 0.1) is 5.41 Å². The molecule has 1 aromatic carbocycles. The van der Waals surface area contributed by atoms with Crippen molar-refractivity contribution < 1.29 is 19.1 Å². The van der Waals surface area contributed by atoms with Crippen LogP contribution in [-0.2, 0) is 9.59 Å². The average Bonchev–Trinajstić information content (AvgIpc) is 3.16. The molecule has 2 atom stereocenters. The van der Waals surface area contributed by atoms with Gasteiger partial charge in [-0.3, -0.25) is 9.59 Å². The highest BCUT2D eigenvalue weighted by molar-refractivity contribution is 6.31. The van der Waals surface area contributed by atoms with E-state index in [-0.39, 0.29) is 24.3 Å². The van der Waals surface area contributed by atoms with Crippen molar-refractivity contribution in [1.82, 2.24) is 5.32 Å². The average molecular weight is 314 g/mol. The molecule has 4 nitrogen and oxygen atoms in total. The van der Waals surface area contributed by atoms with E-state index in [1.807, 2.05) is 0 Å². The summed E-state index contributed by atoms with van der Waals surface area (Å²) in [7, 11) is 0. The van der Waals surface area contributed by atoms with Crippen LogP contribution < -0.4 is 5.32 Å². The zero-order valence-corrected chi connectivity index (χ0v) is 12.6. The molecule has 2 rings (SSSR count). The van der Waals surface area contributed by atoms with Crippen LogP contribution in [0.5, 0.6) is 0 Å². The van der Waals surface area contributed by atoms with Crippen molar-refractivity contribution in [3.63, 3.8) is 0 Å². The molecule has 0 saturated heterocycles. The molecule has 1 amide bonds. The minimum atomic E-state index is -1.03. The first-order chi connectivity index (χ1) is 9.74. The topological polar surface area (TPSA) is 66.4 Å². The lowest BCUT2D eigenvalue weighted by Crippen LogP contribution is -2.39. The molecule has 0 spiro atoms. The van der Waals surface area contributed by atoms with Crippen LogP contribution in [0, 0.1) is 17.2 Å². The fraction of sp³-hybridized carbons (Fsp3) is 0.467. The largest absolute Gasteiger partial charge is 0.481 e. The Morgan fingerprint density at radius 2 is 2.14 bits per heavy atom. The number of carboxylic acids is 1. The Kier molecular flexibility index (Phi) is 4.23. The third kappa shape index (κ3) is 3.35. The normalized spacial score (nSPS) is 21.0. The Labute approximate surface area is 127 Å². The Morgan fingerprint density at radius 3 is 2.71 bits per heavy atom. The summed E-state index contributed by atoms with van der Waals surface area (Å²) in [5.74, 6) is -2.22. The van der Waals surface area contributed by atoms with E-state index in [4.69, 9.17) is 16.7 Å². The molecule has 0 bridgehead atoms. The van der Waals surface area contributed by atoms with E-state index in [1.54, 1.807) is 6.07 Å². The van der Waals surface area contributed by atoms with E-state index >= 15 is 0 Å². The summed E-state index contributed by atoms with van der Waals surface area (Å²) >= 11 is 5.98. The van der Waals surface area contributed by atoms with Gasteiger partial charge in [-0.2, -0.15) is 0 Å². The molecule has 1 aliphatic carbocycles. The van der Waals surface area contributed by atoms with Gasteiger partial charge in [-0.15, -0.1) is 0 Å². The van der Waals surface area contributed by atoms with Gasteiger partial charge in [-0.05, 0) is 32.4 Å². The zero-order valence-electron chi connectivity index (χ0n) is 11.8. The van der Waals surface area contributed by atoms with Crippen LogP contribution >= 0.6 is 11.6 Å². The second kappa shape index (κ2) is 5.64. The van der Waals surface area contributed by atoms with Crippen LogP contribution in [0.25, 0.3) is 0 Å². The fourth-order valence-electron chi connectivity index (χ4n) is 2.18. The second-order valence-corrected chi connectivity index (χ2v) is 6.40.